The van der Waals surface area contributed by atoms with Gasteiger partial charge in [0.2, 0.25) is 0 Å². The lowest BCUT2D eigenvalue weighted by atomic mass is 9.85. The van der Waals surface area contributed by atoms with Crippen molar-refractivity contribution in [2.24, 2.45) is 0 Å². The monoisotopic (exact) mass is 348 g/mol. The van der Waals surface area contributed by atoms with E-state index in [1.54, 1.807) is 0 Å². The molecular weight excluding hydrogens is 320 g/mol. The lowest BCUT2D eigenvalue weighted by Gasteiger charge is -2.36. The minimum Gasteiger partial charge on any atom is -0.368 e. The van der Waals surface area contributed by atoms with E-state index < -0.39 is 0 Å². The van der Waals surface area contributed by atoms with Crippen molar-refractivity contribution < 1.29 is 4.74 Å². The lowest BCUT2D eigenvalue weighted by Crippen LogP contribution is -2.35. The highest BCUT2D eigenvalue weighted by Crippen LogP contribution is 2.43. The molecule has 0 fully saturated rings. The third-order valence-corrected chi connectivity index (χ3v) is 5.90. The van der Waals surface area contributed by atoms with Gasteiger partial charge in [0.25, 0.3) is 0 Å². The standard InChI is InChI=1S/C23H28N2O/c1-4-10-23(6-3)22-19(9-13-26-23)20-15-18(17-7-11-24-12-8-17)14-16(5-2)21(20)25-22/h7-8,11-12,14-15,25H,4-6,9-10,13H2,1-3H3. The van der Waals surface area contributed by atoms with Crippen LogP contribution >= 0.6 is 0 Å². The van der Waals surface area contributed by atoms with Gasteiger partial charge >= 0.3 is 0 Å². The van der Waals surface area contributed by atoms with Crippen LogP contribution in [0.5, 0.6) is 0 Å². The molecule has 0 amide bonds. The number of H-pyrrole nitrogens is 1. The van der Waals surface area contributed by atoms with Crippen molar-refractivity contribution in [1.82, 2.24) is 9.97 Å². The first-order valence-electron chi connectivity index (χ1n) is 9.94. The zero-order chi connectivity index (χ0) is 18.1. The first kappa shape index (κ1) is 17.3. The van der Waals surface area contributed by atoms with Crippen LogP contribution in [0.1, 0.15) is 56.9 Å². The van der Waals surface area contributed by atoms with Crippen molar-refractivity contribution in [3.8, 4) is 11.1 Å². The van der Waals surface area contributed by atoms with E-state index in [2.05, 4.69) is 55.0 Å². The summed E-state index contributed by atoms with van der Waals surface area (Å²) >= 11 is 0. The summed E-state index contributed by atoms with van der Waals surface area (Å²) in [5.41, 5.74) is 7.83. The predicted octanol–water partition coefficient (Wildman–Crippen LogP) is 5.77. The van der Waals surface area contributed by atoms with Gasteiger partial charge in [-0.05, 0) is 72.2 Å². The number of nitrogens with zero attached hydrogens (tertiary/aromatic N) is 1. The number of rotatable bonds is 5. The number of hydrogen-bond donors (Lipinski definition) is 1. The summed E-state index contributed by atoms with van der Waals surface area (Å²) in [4.78, 5) is 7.97. The average molecular weight is 348 g/mol. The first-order chi connectivity index (χ1) is 12.7. The Morgan fingerprint density at radius 2 is 1.92 bits per heavy atom. The highest BCUT2D eigenvalue weighted by Gasteiger charge is 2.38. The maximum atomic E-state index is 6.36. The van der Waals surface area contributed by atoms with Gasteiger partial charge < -0.3 is 9.72 Å². The summed E-state index contributed by atoms with van der Waals surface area (Å²) in [7, 11) is 0. The van der Waals surface area contributed by atoms with Gasteiger partial charge in [-0.3, -0.25) is 4.98 Å². The van der Waals surface area contributed by atoms with Crippen molar-refractivity contribution in [1.29, 1.82) is 0 Å². The Labute approximate surface area is 155 Å². The van der Waals surface area contributed by atoms with Gasteiger partial charge in [-0.15, -0.1) is 0 Å². The van der Waals surface area contributed by atoms with Crippen LogP contribution in [-0.2, 0) is 23.2 Å². The van der Waals surface area contributed by atoms with Crippen molar-refractivity contribution in [2.45, 2.75) is 58.5 Å². The number of hydrogen-bond acceptors (Lipinski definition) is 2. The number of aryl methyl sites for hydroxylation is 1. The Balaban J connectivity index is 1.96. The van der Waals surface area contributed by atoms with Gasteiger partial charge in [-0.2, -0.15) is 0 Å². The van der Waals surface area contributed by atoms with Crippen LogP contribution in [0.15, 0.2) is 36.7 Å². The molecule has 1 N–H and O–H groups in total. The molecule has 0 radical (unpaired) electrons. The first-order valence-corrected chi connectivity index (χ1v) is 9.94. The number of aromatic nitrogens is 2. The maximum Gasteiger partial charge on any atom is 0.108 e. The molecule has 1 aliphatic heterocycles. The Bertz CT molecular complexity index is 913. The Morgan fingerprint density at radius 1 is 1.12 bits per heavy atom. The van der Waals surface area contributed by atoms with E-state index in [0.717, 1.165) is 38.7 Å². The smallest absolute Gasteiger partial charge is 0.108 e. The van der Waals surface area contributed by atoms with E-state index in [9.17, 15) is 0 Å². The number of nitrogens with one attached hydrogen (secondary N) is 1. The maximum absolute atomic E-state index is 6.36. The summed E-state index contributed by atoms with van der Waals surface area (Å²) in [5, 5.41) is 1.38. The number of ether oxygens (including phenoxy) is 1. The number of fused-ring (bicyclic) bond motifs is 3. The van der Waals surface area contributed by atoms with Gasteiger partial charge in [0.1, 0.15) is 5.60 Å². The molecule has 136 valence electrons. The molecule has 3 heteroatoms. The van der Waals surface area contributed by atoms with E-state index in [1.807, 2.05) is 12.4 Å². The fraction of sp³-hybridized carbons (Fsp3) is 0.435. The van der Waals surface area contributed by atoms with Gasteiger partial charge in [0.15, 0.2) is 0 Å². The van der Waals surface area contributed by atoms with Crippen LogP contribution in [0, 0.1) is 0 Å². The molecule has 1 unspecified atom stereocenters. The fourth-order valence-electron chi connectivity index (χ4n) is 4.54. The van der Waals surface area contributed by atoms with Crippen molar-refractivity contribution in [2.75, 3.05) is 6.61 Å². The van der Waals surface area contributed by atoms with Crippen molar-refractivity contribution in [3.05, 3.63) is 53.5 Å². The summed E-state index contributed by atoms with van der Waals surface area (Å²) in [6, 6.07) is 8.87. The number of pyridine rings is 1. The molecule has 2 aromatic heterocycles. The summed E-state index contributed by atoms with van der Waals surface area (Å²) in [6.07, 6.45) is 8.96. The molecule has 26 heavy (non-hydrogen) atoms. The van der Waals surface area contributed by atoms with Crippen LogP contribution in [0.2, 0.25) is 0 Å². The minimum atomic E-state index is -0.150. The van der Waals surface area contributed by atoms with Crippen molar-refractivity contribution >= 4 is 10.9 Å². The van der Waals surface area contributed by atoms with Gasteiger partial charge in [-0.25, -0.2) is 0 Å². The molecule has 0 saturated heterocycles. The lowest BCUT2D eigenvalue weighted by molar-refractivity contribution is -0.0723. The second-order valence-corrected chi connectivity index (χ2v) is 7.32. The Kier molecular flexibility index (Phi) is 4.58. The zero-order valence-electron chi connectivity index (χ0n) is 16.1. The van der Waals surface area contributed by atoms with Gasteiger partial charge in [0, 0.05) is 23.3 Å². The average Bonchev–Trinajstić information content (AvgIpc) is 3.08. The third-order valence-electron chi connectivity index (χ3n) is 5.90. The van der Waals surface area contributed by atoms with Crippen LogP contribution in [0.25, 0.3) is 22.0 Å². The van der Waals surface area contributed by atoms with Crippen LogP contribution in [0.4, 0.5) is 0 Å². The van der Waals surface area contributed by atoms with E-state index in [0.29, 0.717) is 0 Å². The van der Waals surface area contributed by atoms with Crippen LogP contribution in [0.3, 0.4) is 0 Å². The molecule has 3 heterocycles. The van der Waals surface area contributed by atoms with E-state index >= 15 is 0 Å². The fourth-order valence-corrected chi connectivity index (χ4v) is 4.54. The molecule has 1 aliphatic rings. The summed E-state index contributed by atoms with van der Waals surface area (Å²) in [5.74, 6) is 0. The summed E-state index contributed by atoms with van der Waals surface area (Å²) in [6.45, 7) is 7.55. The molecule has 1 atom stereocenters. The highest BCUT2D eigenvalue weighted by molar-refractivity contribution is 5.92. The number of benzene rings is 1. The molecule has 0 aliphatic carbocycles. The van der Waals surface area contributed by atoms with E-state index in [4.69, 9.17) is 4.74 Å². The minimum absolute atomic E-state index is 0.150. The molecule has 0 spiro atoms. The normalized spacial score (nSPS) is 19.7. The SMILES string of the molecule is CCCC1(CC)OCCc2c1[nH]c1c(CC)cc(-c3ccncc3)cc21. The van der Waals surface area contributed by atoms with Crippen LogP contribution < -0.4 is 0 Å². The molecule has 4 rings (SSSR count). The Morgan fingerprint density at radius 3 is 2.62 bits per heavy atom. The summed E-state index contributed by atoms with van der Waals surface area (Å²) < 4.78 is 6.36. The molecule has 0 saturated carbocycles. The second kappa shape index (κ2) is 6.88. The largest absolute Gasteiger partial charge is 0.368 e. The zero-order valence-corrected chi connectivity index (χ0v) is 16.1. The van der Waals surface area contributed by atoms with Crippen molar-refractivity contribution in [3.63, 3.8) is 0 Å². The quantitative estimate of drug-likeness (QED) is 0.635. The van der Waals surface area contributed by atoms with Gasteiger partial charge in [-0.1, -0.05) is 27.2 Å². The van der Waals surface area contributed by atoms with E-state index in [-0.39, 0.29) is 5.60 Å². The second-order valence-electron chi connectivity index (χ2n) is 7.32. The Hall–Kier alpha value is -2.13. The molecule has 3 nitrogen and oxygen atoms in total. The molecular formula is C23H28N2O. The molecule has 0 bridgehead atoms. The topological polar surface area (TPSA) is 37.9 Å². The third kappa shape index (κ3) is 2.66. The number of aromatic amines is 1. The molecule has 1 aromatic carbocycles. The van der Waals surface area contributed by atoms with E-state index in [1.165, 1.54) is 38.9 Å². The van der Waals surface area contributed by atoms with Gasteiger partial charge in [0.05, 0.1) is 12.3 Å². The predicted molar refractivity (Wildman–Crippen MR) is 107 cm³/mol. The highest BCUT2D eigenvalue weighted by atomic mass is 16.5. The molecule has 3 aromatic rings. The van der Waals surface area contributed by atoms with Crippen LogP contribution in [-0.4, -0.2) is 16.6 Å².